The van der Waals surface area contributed by atoms with Crippen molar-refractivity contribution >= 4 is 17.5 Å². The summed E-state index contributed by atoms with van der Waals surface area (Å²) in [5.74, 6) is 0.558. The van der Waals surface area contributed by atoms with Gasteiger partial charge < -0.3 is 15.1 Å². The lowest BCUT2D eigenvalue weighted by Crippen LogP contribution is -2.55. The first kappa shape index (κ1) is 18.2. The second kappa shape index (κ2) is 7.20. The molecule has 1 saturated heterocycles. The van der Waals surface area contributed by atoms with E-state index in [1.807, 2.05) is 0 Å². The van der Waals surface area contributed by atoms with Gasteiger partial charge in [0.05, 0.1) is 6.20 Å². The molecule has 2 heterocycles. The third-order valence-electron chi connectivity index (χ3n) is 3.98. The van der Waals surface area contributed by atoms with Gasteiger partial charge in [0.15, 0.2) is 5.82 Å². The predicted octanol–water partition coefficient (Wildman–Crippen LogP) is 1.64. The van der Waals surface area contributed by atoms with E-state index in [0.29, 0.717) is 11.5 Å². The van der Waals surface area contributed by atoms with Crippen molar-refractivity contribution in [3.05, 3.63) is 12.5 Å². The second-order valence-corrected chi connectivity index (χ2v) is 5.83. The zero-order valence-electron chi connectivity index (χ0n) is 13.8. The minimum absolute atomic E-state index is 0.180. The zero-order valence-corrected chi connectivity index (χ0v) is 13.8. The summed E-state index contributed by atoms with van der Waals surface area (Å²) in [6.45, 7) is 1.97. The molecule has 7 nitrogen and oxygen atoms in total. The number of amides is 2. The molecule has 10 heteroatoms. The van der Waals surface area contributed by atoms with Crippen LogP contribution in [-0.4, -0.2) is 78.3 Å². The first-order valence-electron chi connectivity index (χ1n) is 7.54. The number of rotatable bonds is 3. The van der Waals surface area contributed by atoms with Crippen molar-refractivity contribution in [3.8, 4) is 0 Å². The summed E-state index contributed by atoms with van der Waals surface area (Å²) >= 11 is 0. The summed E-state index contributed by atoms with van der Waals surface area (Å²) in [6, 6.07) is -1.88. The first-order chi connectivity index (χ1) is 11.2. The van der Waals surface area contributed by atoms with Crippen LogP contribution in [0.5, 0.6) is 0 Å². The normalized spacial score (nSPS) is 17.5. The summed E-state index contributed by atoms with van der Waals surface area (Å²) in [6.07, 6.45) is -1.39. The van der Waals surface area contributed by atoms with Crippen LogP contribution in [0.25, 0.3) is 0 Å². The van der Waals surface area contributed by atoms with Crippen LogP contribution in [0.1, 0.15) is 6.92 Å². The van der Waals surface area contributed by atoms with Gasteiger partial charge in [0.1, 0.15) is 18.1 Å². The van der Waals surface area contributed by atoms with Crippen LogP contribution in [0.3, 0.4) is 0 Å². The number of nitrogens with one attached hydrogen (secondary N) is 1. The number of hydrogen-bond donors (Lipinski definition) is 1. The SMILES string of the molecule is C[C@@H](N1CCN(C(=O)Nc2cncnc2N(C)C)CC1)C(F)(F)F. The fourth-order valence-electron chi connectivity index (χ4n) is 2.48. The summed E-state index contributed by atoms with van der Waals surface area (Å²) < 4.78 is 38.2. The molecule has 2 amide bonds. The molecule has 2 rings (SSSR count). The van der Waals surface area contributed by atoms with Crippen LogP contribution in [0, 0.1) is 0 Å². The molecular weight excluding hydrogens is 325 g/mol. The molecule has 1 N–H and O–H groups in total. The van der Waals surface area contributed by atoms with Crippen molar-refractivity contribution in [2.75, 3.05) is 50.5 Å². The highest BCUT2D eigenvalue weighted by Gasteiger charge is 2.41. The Morgan fingerprint density at radius 2 is 1.92 bits per heavy atom. The van der Waals surface area contributed by atoms with Crippen molar-refractivity contribution in [1.82, 2.24) is 19.8 Å². The number of alkyl halides is 3. The van der Waals surface area contributed by atoms with E-state index in [9.17, 15) is 18.0 Å². The lowest BCUT2D eigenvalue weighted by molar-refractivity contribution is -0.181. The molecule has 1 aromatic rings. The van der Waals surface area contributed by atoms with E-state index in [0.717, 1.165) is 6.92 Å². The topological polar surface area (TPSA) is 64.6 Å². The smallest absolute Gasteiger partial charge is 0.361 e. The lowest BCUT2D eigenvalue weighted by Gasteiger charge is -2.38. The molecule has 1 aliphatic heterocycles. The Morgan fingerprint density at radius 1 is 1.29 bits per heavy atom. The van der Waals surface area contributed by atoms with Gasteiger partial charge in [0.2, 0.25) is 0 Å². The number of piperazine rings is 1. The fraction of sp³-hybridized carbons (Fsp3) is 0.643. The third-order valence-corrected chi connectivity index (χ3v) is 3.98. The molecule has 0 radical (unpaired) electrons. The molecule has 1 atom stereocenters. The Morgan fingerprint density at radius 3 is 2.46 bits per heavy atom. The van der Waals surface area contributed by atoms with E-state index in [2.05, 4.69) is 15.3 Å². The molecule has 0 spiro atoms. The zero-order chi connectivity index (χ0) is 17.9. The van der Waals surface area contributed by atoms with E-state index in [-0.39, 0.29) is 32.2 Å². The van der Waals surface area contributed by atoms with Crippen LogP contribution in [-0.2, 0) is 0 Å². The van der Waals surface area contributed by atoms with Gasteiger partial charge in [-0.15, -0.1) is 0 Å². The van der Waals surface area contributed by atoms with E-state index >= 15 is 0 Å². The molecule has 1 fully saturated rings. The molecule has 0 aliphatic carbocycles. The van der Waals surface area contributed by atoms with Crippen LogP contribution < -0.4 is 10.2 Å². The van der Waals surface area contributed by atoms with Gasteiger partial charge in [-0.3, -0.25) is 4.90 Å². The standard InChI is InChI=1S/C14H21F3N6O/c1-10(14(15,16)17)22-4-6-23(7-5-22)13(24)20-11-8-18-9-19-12(11)21(2)3/h8-10H,4-7H2,1-3H3,(H,20,24)/t10-/m1/s1. The molecule has 0 aromatic carbocycles. The monoisotopic (exact) mass is 346 g/mol. The van der Waals surface area contributed by atoms with Gasteiger partial charge in [-0.05, 0) is 6.92 Å². The molecule has 0 bridgehead atoms. The lowest BCUT2D eigenvalue weighted by atomic mass is 10.2. The van der Waals surface area contributed by atoms with Crippen molar-refractivity contribution in [3.63, 3.8) is 0 Å². The van der Waals surface area contributed by atoms with Crippen molar-refractivity contribution in [1.29, 1.82) is 0 Å². The number of urea groups is 1. The highest BCUT2D eigenvalue weighted by molar-refractivity contribution is 5.92. The van der Waals surface area contributed by atoms with Crippen molar-refractivity contribution < 1.29 is 18.0 Å². The number of hydrogen-bond acceptors (Lipinski definition) is 5. The van der Waals surface area contributed by atoms with Gasteiger partial charge in [0, 0.05) is 40.3 Å². The highest BCUT2D eigenvalue weighted by Crippen LogP contribution is 2.25. The number of nitrogens with zero attached hydrogens (tertiary/aromatic N) is 5. The second-order valence-electron chi connectivity index (χ2n) is 5.83. The third kappa shape index (κ3) is 4.25. The number of anilines is 2. The quantitative estimate of drug-likeness (QED) is 0.901. The minimum atomic E-state index is -4.26. The molecule has 0 saturated carbocycles. The highest BCUT2D eigenvalue weighted by atomic mass is 19.4. The Balaban J connectivity index is 1.94. The Labute approximate surface area is 138 Å². The van der Waals surface area contributed by atoms with Gasteiger partial charge in [0.25, 0.3) is 0 Å². The van der Waals surface area contributed by atoms with E-state index in [1.54, 1.807) is 19.0 Å². The largest absolute Gasteiger partial charge is 0.403 e. The number of aromatic nitrogens is 2. The van der Waals surface area contributed by atoms with Gasteiger partial charge in [-0.25, -0.2) is 14.8 Å². The van der Waals surface area contributed by atoms with Crippen LogP contribution >= 0.6 is 0 Å². The van der Waals surface area contributed by atoms with Crippen LogP contribution in [0.15, 0.2) is 12.5 Å². The molecule has 1 aliphatic rings. The molecule has 1 aromatic heterocycles. The fourth-order valence-corrected chi connectivity index (χ4v) is 2.48. The molecule has 24 heavy (non-hydrogen) atoms. The number of halogens is 3. The van der Waals surface area contributed by atoms with E-state index in [4.69, 9.17) is 0 Å². The molecule has 0 unspecified atom stereocenters. The molecule has 134 valence electrons. The van der Waals surface area contributed by atoms with Gasteiger partial charge in [-0.2, -0.15) is 13.2 Å². The Hall–Kier alpha value is -2.10. The molecular formula is C14H21F3N6O. The maximum atomic E-state index is 12.7. The van der Waals surface area contributed by atoms with E-state index in [1.165, 1.54) is 22.3 Å². The summed E-state index contributed by atoms with van der Waals surface area (Å²) in [5, 5.41) is 2.72. The summed E-state index contributed by atoms with van der Waals surface area (Å²) in [7, 11) is 3.57. The first-order valence-corrected chi connectivity index (χ1v) is 7.54. The maximum absolute atomic E-state index is 12.7. The predicted molar refractivity (Wildman–Crippen MR) is 84.0 cm³/mol. The maximum Gasteiger partial charge on any atom is 0.403 e. The summed E-state index contributed by atoms with van der Waals surface area (Å²) in [5.41, 5.74) is 0.457. The van der Waals surface area contributed by atoms with Crippen LogP contribution in [0.4, 0.5) is 29.5 Å². The average molecular weight is 346 g/mol. The average Bonchev–Trinajstić information content (AvgIpc) is 2.53. The van der Waals surface area contributed by atoms with Crippen molar-refractivity contribution in [2.24, 2.45) is 0 Å². The number of carbonyl (C=O) groups excluding carboxylic acids is 1. The van der Waals surface area contributed by atoms with E-state index < -0.39 is 12.2 Å². The summed E-state index contributed by atoms with van der Waals surface area (Å²) in [4.78, 5) is 24.8. The Kier molecular flexibility index (Phi) is 5.47. The number of carbonyl (C=O) groups is 1. The van der Waals surface area contributed by atoms with Crippen LogP contribution in [0.2, 0.25) is 0 Å². The van der Waals surface area contributed by atoms with Crippen molar-refractivity contribution in [2.45, 2.75) is 19.1 Å². The minimum Gasteiger partial charge on any atom is -0.361 e. The Bertz CT molecular complexity index is 572. The van der Waals surface area contributed by atoms with Gasteiger partial charge >= 0.3 is 12.2 Å². The van der Waals surface area contributed by atoms with Gasteiger partial charge in [-0.1, -0.05) is 0 Å².